The van der Waals surface area contributed by atoms with Crippen molar-refractivity contribution in [2.75, 3.05) is 7.11 Å². The summed E-state index contributed by atoms with van der Waals surface area (Å²) in [7, 11) is 1.28. The molecule has 11 heteroatoms. The maximum atomic E-state index is 13.6. The average molecular weight is 629 g/mol. The smallest absolute Gasteiger partial charge is 0.333 e. The van der Waals surface area contributed by atoms with Crippen LogP contribution in [0.4, 0.5) is 0 Å². The van der Waals surface area contributed by atoms with Gasteiger partial charge in [-0.1, -0.05) is 54.2 Å². The standard InChI is InChI=1S/C34H44O11/c1-10-16(2)29(39)44-28-27(42-18(4)35)26(32(7)12-11-22(36)31(5,6)21(32)15-24(37)41-9)17(3)34-23(45-34)14-20(33(28,34)8)19-13-25(38)43-30(19)40/h11-13,16,20-21,23,26-28,30,40H,3,10,14-15H2,1-2,4-9H3/t16?,20-,21-,23+,26+,27+,28-,30?,32-,33+,34+/m0/s1. The Morgan fingerprint density at radius 2 is 1.82 bits per heavy atom. The minimum atomic E-state index is -1.49. The Bertz CT molecular complexity index is 1410. The second kappa shape index (κ2) is 10.9. The lowest BCUT2D eigenvalue weighted by Gasteiger charge is -2.59. The highest BCUT2D eigenvalue weighted by Gasteiger charge is 2.84. The number of cyclic esters (lactones) is 1. The first-order chi connectivity index (χ1) is 20.9. The molecule has 0 aromatic heterocycles. The van der Waals surface area contributed by atoms with Gasteiger partial charge in [-0.2, -0.15) is 0 Å². The molecule has 3 aliphatic carbocycles. The molecule has 5 aliphatic rings. The highest BCUT2D eigenvalue weighted by molar-refractivity contribution is 5.96. The molecule has 2 unspecified atom stereocenters. The fourth-order valence-electron chi connectivity index (χ4n) is 8.98. The molecule has 11 nitrogen and oxygen atoms in total. The highest BCUT2D eigenvalue weighted by Crippen LogP contribution is 2.76. The Labute approximate surface area is 263 Å². The molecule has 2 aliphatic heterocycles. The molecule has 11 atom stereocenters. The fourth-order valence-corrected chi connectivity index (χ4v) is 8.98. The number of methoxy groups -OCH3 is 1. The number of allylic oxidation sites excluding steroid dienone is 2. The van der Waals surface area contributed by atoms with E-state index in [1.54, 1.807) is 26.8 Å². The Balaban J connectivity index is 1.74. The Morgan fingerprint density at radius 3 is 2.38 bits per heavy atom. The van der Waals surface area contributed by atoms with Crippen LogP contribution < -0.4 is 0 Å². The van der Waals surface area contributed by atoms with Crippen molar-refractivity contribution in [1.82, 2.24) is 0 Å². The summed E-state index contributed by atoms with van der Waals surface area (Å²) in [4.78, 5) is 64.8. The van der Waals surface area contributed by atoms with Gasteiger partial charge in [0.1, 0.15) is 17.8 Å². The summed E-state index contributed by atoms with van der Waals surface area (Å²) in [5.41, 5.74) is -3.45. The first-order valence-corrected chi connectivity index (χ1v) is 15.6. The minimum Gasteiger partial charge on any atom is -0.469 e. The maximum absolute atomic E-state index is 13.6. The molecule has 0 aromatic carbocycles. The molecule has 0 bridgehead atoms. The van der Waals surface area contributed by atoms with Crippen molar-refractivity contribution in [2.45, 2.75) is 97.9 Å². The van der Waals surface area contributed by atoms with Crippen LogP contribution in [0.5, 0.6) is 0 Å². The summed E-state index contributed by atoms with van der Waals surface area (Å²) in [5, 5.41) is 10.8. The number of hydrogen-bond donors (Lipinski definition) is 1. The van der Waals surface area contributed by atoms with E-state index < -0.39 is 94.0 Å². The molecule has 0 aromatic rings. The van der Waals surface area contributed by atoms with Crippen LogP contribution in [0, 0.1) is 39.9 Å². The normalized spacial score (nSPS) is 41.8. The second-order valence-corrected chi connectivity index (χ2v) is 14.2. The number of carbonyl (C=O) groups excluding carboxylic acids is 5. The van der Waals surface area contributed by atoms with Crippen molar-refractivity contribution < 1.29 is 52.8 Å². The molecule has 45 heavy (non-hydrogen) atoms. The molecule has 2 saturated carbocycles. The zero-order valence-electron chi connectivity index (χ0n) is 27.2. The van der Waals surface area contributed by atoms with Crippen LogP contribution in [-0.4, -0.2) is 72.1 Å². The molecule has 0 amide bonds. The number of aliphatic hydroxyl groups is 1. The van der Waals surface area contributed by atoms with Crippen LogP contribution in [-0.2, 0) is 47.7 Å². The first-order valence-electron chi connectivity index (χ1n) is 15.6. The molecular formula is C34H44O11. The van der Waals surface area contributed by atoms with E-state index in [0.29, 0.717) is 24.0 Å². The third-order valence-corrected chi connectivity index (χ3v) is 11.6. The number of hydrogen-bond acceptors (Lipinski definition) is 11. The molecular weight excluding hydrogens is 584 g/mol. The van der Waals surface area contributed by atoms with Gasteiger partial charge in [-0.25, -0.2) is 4.79 Å². The number of epoxide rings is 1. The van der Waals surface area contributed by atoms with Crippen LogP contribution in [0.3, 0.4) is 0 Å². The number of rotatable bonds is 8. The average Bonchev–Trinajstić information content (AvgIpc) is 3.52. The summed E-state index contributed by atoms with van der Waals surface area (Å²) in [6, 6.07) is 0. The van der Waals surface area contributed by atoms with Crippen molar-refractivity contribution in [3.05, 3.63) is 36.0 Å². The lowest BCUT2D eigenvalue weighted by molar-refractivity contribution is -0.213. The Kier molecular flexibility index (Phi) is 8.01. The van der Waals surface area contributed by atoms with Crippen molar-refractivity contribution in [3.8, 4) is 0 Å². The molecule has 2 heterocycles. The van der Waals surface area contributed by atoms with Gasteiger partial charge in [-0.05, 0) is 30.4 Å². The van der Waals surface area contributed by atoms with Gasteiger partial charge in [0.25, 0.3) is 0 Å². The van der Waals surface area contributed by atoms with E-state index in [4.69, 9.17) is 23.7 Å². The number of esters is 4. The first kappa shape index (κ1) is 33.1. The van der Waals surface area contributed by atoms with Gasteiger partial charge in [0.15, 0.2) is 5.78 Å². The number of ketones is 1. The minimum absolute atomic E-state index is 0.111. The van der Waals surface area contributed by atoms with E-state index in [9.17, 15) is 29.1 Å². The number of aliphatic hydroxyl groups excluding tert-OH is 1. The Hall–Kier alpha value is -3.31. The van der Waals surface area contributed by atoms with Gasteiger partial charge < -0.3 is 28.8 Å². The topological polar surface area (TPSA) is 155 Å². The molecule has 5 rings (SSSR count). The van der Waals surface area contributed by atoms with Gasteiger partial charge in [-0.3, -0.25) is 19.2 Å². The fraction of sp³-hybridized carbons (Fsp3) is 0.676. The lowest BCUT2D eigenvalue weighted by Crippen LogP contribution is -2.67. The van der Waals surface area contributed by atoms with Crippen LogP contribution in [0.2, 0.25) is 0 Å². The van der Waals surface area contributed by atoms with Crippen molar-refractivity contribution in [2.24, 2.45) is 39.9 Å². The predicted molar refractivity (Wildman–Crippen MR) is 158 cm³/mol. The molecule has 246 valence electrons. The SMILES string of the molecule is C=C1[C@@H]([C@@]2(C)C=CC(=O)C(C)(C)[C@@H]2CC(=O)OC)[C@@H](OC(C)=O)[C@H](OC(=O)C(C)CC)[C@@]2(C)[C@H](C3=CC(=O)OC3O)C[C@H]3O[C@]132. The van der Waals surface area contributed by atoms with E-state index in [-0.39, 0.29) is 12.2 Å². The zero-order chi connectivity index (χ0) is 33.4. The lowest BCUT2D eigenvalue weighted by atomic mass is 9.46. The van der Waals surface area contributed by atoms with Crippen LogP contribution >= 0.6 is 0 Å². The monoisotopic (exact) mass is 628 g/mol. The molecule has 3 fully saturated rings. The van der Waals surface area contributed by atoms with E-state index >= 15 is 0 Å². The number of ether oxygens (including phenoxy) is 5. The predicted octanol–water partition coefficient (Wildman–Crippen LogP) is 3.38. The van der Waals surface area contributed by atoms with Crippen LogP contribution in [0.25, 0.3) is 0 Å². The summed E-state index contributed by atoms with van der Waals surface area (Å²) < 4.78 is 29.1. The summed E-state index contributed by atoms with van der Waals surface area (Å²) in [5.74, 6) is -4.99. The molecule has 0 radical (unpaired) electrons. The van der Waals surface area contributed by atoms with Crippen LogP contribution in [0.1, 0.15) is 67.7 Å². The van der Waals surface area contributed by atoms with Crippen molar-refractivity contribution >= 4 is 29.7 Å². The summed E-state index contributed by atoms with van der Waals surface area (Å²) >= 11 is 0. The second-order valence-electron chi connectivity index (χ2n) is 14.2. The summed E-state index contributed by atoms with van der Waals surface area (Å²) in [6.45, 7) is 16.7. The van der Waals surface area contributed by atoms with E-state index in [0.717, 1.165) is 0 Å². The van der Waals surface area contributed by atoms with Gasteiger partial charge in [-0.15, -0.1) is 0 Å². The van der Waals surface area contributed by atoms with E-state index in [1.807, 2.05) is 20.8 Å². The van der Waals surface area contributed by atoms with Crippen molar-refractivity contribution in [1.29, 1.82) is 0 Å². The molecule has 1 saturated heterocycles. The third-order valence-electron chi connectivity index (χ3n) is 11.6. The van der Waals surface area contributed by atoms with Gasteiger partial charge in [0.05, 0.1) is 31.0 Å². The van der Waals surface area contributed by atoms with Gasteiger partial charge in [0, 0.05) is 41.2 Å². The maximum Gasteiger partial charge on any atom is 0.333 e. The quantitative estimate of drug-likeness (QED) is 0.182. The van der Waals surface area contributed by atoms with Gasteiger partial charge in [0.2, 0.25) is 6.29 Å². The molecule has 1 spiro atoms. The van der Waals surface area contributed by atoms with E-state index in [1.165, 1.54) is 26.2 Å². The van der Waals surface area contributed by atoms with E-state index in [2.05, 4.69) is 6.58 Å². The highest BCUT2D eigenvalue weighted by atomic mass is 16.6. The van der Waals surface area contributed by atoms with Gasteiger partial charge >= 0.3 is 23.9 Å². The summed E-state index contributed by atoms with van der Waals surface area (Å²) in [6.07, 6.45) is 1.04. The number of carbonyl (C=O) groups is 5. The van der Waals surface area contributed by atoms with Crippen molar-refractivity contribution in [3.63, 3.8) is 0 Å². The Morgan fingerprint density at radius 1 is 1.16 bits per heavy atom. The largest absolute Gasteiger partial charge is 0.469 e. The zero-order valence-corrected chi connectivity index (χ0v) is 27.2. The van der Waals surface area contributed by atoms with Crippen LogP contribution in [0.15, 0.2) is 36.0 Å². The molecule has 1 N–H and O–H groups in total. The third kappa shape index (κ3) is 4.63.